The largest absolute Gasteiger partial charge is 0.490 e. The number of halogens is 3. The Bertz CT molecular complexity index is 1490. The van der Waals surface area contributed by atoms with Crippen molar-refractivity contribution < 1.29 is 41.1 Å². The van der Waals surface area contributed by atoms with Crippen LogP contribution in [0.3, 0.4) is 0 Å². The van der Waals surface area contributed by atoms with Crippen LogP contribution in [-0.2, 0) is 36.2 Å². The molecule has 3 aromatic carbocycles. The number of carboxylic acids is 1. The maximum atomic E-state index is 12.9. The van der Waals surface area contributed by atoms with Crippen molar-refractivity contribution in [3.8, 4) is 0 Å². The fraction of sp³-hybridized carbons (Fsp3) is 0.276. The van der Waals surface area contributed by atoms with Crippen LogP contribution in [0.2, 0.25) is 0 Å². The number of nitrogens with one attached hydrogen (secondary N) is 3. The second-order valence-corrected chi connectivity index (χ2v) is 11.2. The lowest BCUT2D eigenvalue weighted by Crippen LogP contribution is -2.35. The van der Waals surface area contributed by atoms with Crippen LogP contribution in [-0.4, -0.2) is 44.0 Å². The van der Waals surface area contributed by atoms with Crippen molar-refractivity contribution in [3.05, 3.63) is 90.0 Å². The molecule has 1 aliphatic carbocycles. The molecule has 13 heteroatoms. The van der Waals surface area contributed by atoms with Gasteiger partial charge in [-0.3, -0.25) is 14.3 Å². The highest BCUT2D eigenvalue weighted by molar-refractivity contribution is 7.92. The Labute approximate surface area is 241 Å². The second-order valence-electron chi connectivity index (χ2n) is 9.49. The van der Waals surface area contributed by atoms with Gasteiger partial charge in [0.25, 0.3) is 10.0 Å². The summed E-state index contributed by atoms with van der Waals surface area (Å²) >= 11 is 0. The maximum Gasteiger partial charge on any atom is 0.490 e. The monoisotopic (exact) mass is 605 g/mol. The predicted molar refractivity (Wildman–Crippen MR) is 150 cm³/mol. The molecule has 0 heterocycles. The van der Waals surface area contributed by atoms with Crippen molar-refractivity contribution in [3.63, 3.8) is 0 Å². The first-order valence-corrected chi connectivity index (χ1v) is 14.4. The van der Waals surface area contributed by atoms with E-state index in [0.717, 1.165) is 24.8 Å². The topological polar surface area (TPSA) is 142 Å². The van der Waals surface area contributed by atoms with Crippen molar-refractivity contribution in [1.29, 1.82) is 0 Å². The van der Waals surface area contributed by atoms with E-state index in [0.29, 0.717) is 24.3 Å². The summed E-state index contributed by atoms with van der Waals surface area (Å²) in [5, 5.41) is 12.9. The van der Waals surface area contributed by atoms with Crippen LogP contribution < -0.4 is 15.4 Å². The van der Waals surface area contributed by atoms with Crippen LogP contribution in [0.1, 0.15) is 37.3 Å². The first kappa shape index (κ1) is 32.1. The molecule has 1 aliphatic rings. The summed E-state index contributed by atoms with van der Waals surface area (Å²) in [4.78, 5) is 33.4. The Kier molecular flexibility index (Phi) is 10.3. The van der Waals surface area contributed by atoms with E-state index in [9.17, 15) is 31.2 Å². The lowest BCUT2D eigenvalue weighted by molar-refractivity contribution is -0.192. The van der Waals surface area contributed by atoms with Gasteiger partial charge in [0.05, 0.1) is 10.3 Å². The Hall–Kier alpha value is -4.39. The second kappa shape index (κ2) is 13.5. The average Bonchev–Trinajstić information content (AvgIpc) is 3.76. The number of benzene rings is 3. The fourth-order valence-electron chi connectivity index (χ4n) is 3.94. The van der Waals surface area contributed by atoms with E-state index in [2.05, 4.69) is 15.4 Å². The number of alkyl halides is 3. The molecule has 3 aromatic rings. The summed E-state index contributed by atoms with van der Waals surface area (Å²) < 4.78 is 59.8. The lowest BCUT2D eigenvalue weighted by Gasteiger charge is -2.17. The molecule has 2 amide bonds. The molecule has 0 atom stereocenters. The van der Waals surface area contributed by atoms with E-state index in [1.54, 1.807) is 31.2 Å². The van der Waals surface area contributed by atoms with Crippen molar-refractivity contribution >= 4 is 39.2 Å². The summed E-state index contributed by atoms with van der Waals surface area (Å²) in [6.45, 7) is 2.32. The molecule has 9 nitrogen and oxygen atoms in total. The van der Waals surface area contributed by atoms with Crippen LogP contribution in [0.5, 0.6) is 0 Å². The SMILES string of the molecule is CCC(=O)Nc1ccc(S(=O)(=O)Nc2ccc(C3(C(=O)NCCc4ccccc4)CC3)cc2)cc1.O=C(O)C(F)(F)F. The van der Waals surface area contributed by atoms with Gasteiger partial charge in [-0.25, -0.2) is 13.2 Å². The molecule has 0 spiro atoms. The van der Waals surface area contributed by atoms with Crippen molar-refractivity contribution in [1.82, 2.24) is 5.32 Å². The number of hydrogen-bond acceptors (Lipinski definition) is 5. The zero-order valence-electron chi connectivity index (χ0n) is 22.6. The number of carbonyl (C=O) groups excluding carboxylic acids is 2. The van der Waals surface area contributed by atoms with Gasteiger partial charge in [-0.15, -0.1) is 0 Å². The zero-order chi connectivity index (χ0) is 31.0. The van der Waals surface area contributed by atoms with Gasteiger partial charge in [-0.2, -0.15) is 13.2 Å². The number of hydrogen-bond donors (Lipinski definition) is 4. The van der Waals surface area contributed by atoms with Crippen molar-refractivity contribution in [2.45, 2.75) is 49.1 Å². The highest BCUT2D eigenvalue weighted by Crippen LogP contribution is 2.48. The highest BCUT2D eigenvalue weighted by atomic mass is 32.2. The maximum absolute atomic E-state index is 12.9. The number of carbonyl (C=O) groups is 3. The first-order valence-electron chi connectivity index (χ1n) is 12.9. The molecule has 4 rings (SSSR count). The number of anilines is 2. The van der Waals surface area contributed by atoms with E-state index < -0.39 is 27.6 Å². The van der Waals surface area contributed by atoms with Gasteiger partial charge in [-0.05, 0) is 66.8 Å². The van der Waals surface area contributed by atoms with Gasteiger partial charge >= 0.3 is 12.1 Å². The van der Waals surface area contributed by atoms with E-state index in [4.69, 9.17) is 9.90 Å². The van der Waals surface area contributed by atoms with Gasteiger partial charge in [0.1, 0.15) is 0 Å². The minimum atomic E-state index is -5.08. The molecule has 1 saturated carbocycles. The van der Waals surface area contributed by atoms with Crippen LogP contribution in [0.4, 0.5) is 24.5 Å². The summed E-state index contributed by atoms with van der Waals surface area (Å²) in [5.74, 6) is -2.89. The summed E-state index contributed by atoms with van der Waals surface area (Å²) in [6.07, 6.45) is -2.42. The number of amides is 2. The zero-order valence-corrected chi connectivity index (χ0v) is 23.4. The normalized spacial score (nSPS) is 13.6. The Morgan fingerprint density at radius 2 is 1.43 bits per heavy atom. The Morgan fingerprint density at radius 3 is 1.93 bits per heavy atom. The third-order valence-corrected chi connectivity index (χ3v) is 7.83. The van der Waals surface area contributed by atoms with Crippen molar-refractivity contribution in [2.24, 2.45) is 0 Å². The van der Waals surface area contributed by atoms with Gasteiger partial charge in [-0.1, -0.05) is 49.4 Å². The fourth-order valence-corrected chi connectivity index (χ4v) is 5.00. The molecule has 0 unspecified atom stereocenters. The summed E-state index contributed by atoms with van der Waals surface area (Å²) in [7, 11) is -3.79. The smallest absolute Gasteiger partial charge is 0.475 e. The molecule has 0 aromatic heterocycles. The molecule has 42 heavy (non-hydrogen) atoms. The minimum Gasteiger partial charge on any atom is -0.475 e. The standard InChI is InChI=1S/C27H29N3O4S.C2HF3O2/c1-2-25(31)29-22-12-14-24(15-13-22)35(33,34)30-23-10-8-21(9-11-23)27(17-18-27)26(32)28-19-16-20-6-4-3-5-7-20;3-2(4,5)1(6)7/h3-15,30H,2,16-19H2,1H3,(H,28,32)(H,29,31);(H,6,7). The molecule has 224 valence electrons. The molecule has 0 bridgehead atoms. The average molecular weight is 606 g/mol. The van der Waals surface area contributed by atoms with E-state index in [1.807, 2.05) is 42.5 Å². The van der Waals surface area contributed by atoms with Crippen LogP contribution in [0.25, 0.3) is 0 Å². The minimum absolute atomic E-state index is 0.0111. The first-order chi connectivity index (χ1) is 19.8. The molecule has 0 radical (unpaired) electrons. The molecular formula is C29H30F3N3O6S. The number of aliphatic carboxylic acids is 1. The van der Waals surface area contributed by atoms with E-state index >= 15 is 0 Å². The summed E-state index contributed by atoms with van der Waals surface area (Å²) in [5.41, 5.74) is 2.48. The molecule has 0 saturated heterocycles. The summed E-state index contributed by atoms with van der Waals surface area (Å²) in [6, 6.07) is 23.0. The number of rotatable bonds is 10. The lowest BCUT2D eigenvalue weighted by atomic mass is 9.94. The molecular weight excluding hydrogens is 575 g/mol. The van der Waals surface area contributed by atoms with Crippen LogP contribution >= 0.6 is 0 Å². The van der Waals surface area contributed by atoms with Gasteiger partial charge in [0.2, 0.25) is 11.8 Å². The molecule has 0 aliphatic heterocycles. The third kappa shape index (κ3) is 8.80. The quantitative estimate of drug-likeness (QED) is 0.260. The third-order valence-electron chi connectivity index (χ3n) is 6.43. The Morgan fingerprint density at radius 1 is 0.881 bits per heavy atom. The van der Waals surface area contributed by atoms with Crippen LogP contribution in [0, 0.1) is 0 Å². The van der Waals surface area contributed by atoms with E-state index in [-0.39, 0.29) is 16.7 Å². The van der Waals surface area contributed by atoms with Crippen LogP contribution in [0.15, 0.2) is 83.8 Å². The Balaban J connectivity index is 0.000000616. The number of sulfonamides is 1. The molecule has 4 N–H and O–H groups in total. The van der Waals surface area contributed by atoms with Gasteiger partial charge in [0, 0.05) is 24.3 Å². The highest BCUT2D eigenvalue weighted by Gasteiger charge is 2.51. The predicted octanol–water partition coefficient (Wildman–Crippen LogP) is 4.86. The van der Waals surface area contributed by atoms with Crippen molar-refractivity contribution in [2.75, 3.05) is 16.6 Å². The molecule has 1 fully saturated rings. The van der Waals surface area contributed by atoms with Gasteiger partial charge < -0.3 is 15.7 Å². The van der Waals surface area contributed by atoms with Gasteiger partial charge in [0.15, 0.2) is 0 Å². The van der Waals surface area contributed by atoms with E-state index in [1.165, 1.54) is 17.7 Å². The number of carboxylic acid groups (broad SMARTS) is 1.